The molecule has 0 aliphatic heterocycles. The third-order valence-corrected chi connectivity index (χ3v) is 5.99. The van der Waals surface area contributed by atoms with E-state index in [1.54, 1.807) is 30.1 Å². The molecule has 0 bridgehead atoms. The van der Waals surface area contributed by atoms with Crippen LogP contribution in [0.3, 0.4) is 0 Å². The van der Waals surface area contributed by atoms with Crippen molar-refractivity contribution in [1.29, 1.82) is 0 Å². The van der Waals surface area contributed by atoms with Gasteiger partial charge in [-0.15, -0.1) is 0 Å². The molecule has 0 amide bonds. The lowest BCUT2D eigenvalue weighted by atomic mass is 10.1. The molecule has 26 heavy (non-hydrogen) atoms. The van der Waals surface area contributed by atoms with Crippen LogP contribution >= 0.6 is 11.6 Å². The Morgan fingerprint density at radius 1 is 1.12 bits per heavy atom. The van der Waals surface area contributed by atoms with Crippen molar-refractivity contribution in [2.24, 2.45) is 5.14 Å². The number of hydrogen-bond donors (Lipinski definition) is 1. The van der Waals surface area contributed by atoms with Crippen LogP contribution in [0.25, 0.3) is 0 Å². The first-order chi connectivity index (χ1) is 11.9. The van der Waals surface area contributed by atoms with Gasteiger partial charge in [-0.05, 0) is 36.4 Å². The lowest BCUT2D eigenvalue weighted by molar-refractivity contribution is 0.409. The van der Waals surface area contributed by atoms with E-state index in [1.807, 2.05) is 0 Å². The Bertz CT molecular complexity index is 1040. The van der Waals surface area contributed by atoms with Gasteiger partial charge >= 0.3 is 0 Å². The van der Waals surface area contributed by atoms with Gasteiger partial charge in [0.15, 0.2) is 9.84 Å². The normalized spacial score (nSPS) is 12.0. The van der Waals surface area contributed by atoms with E-state index in [4.69, 9.17) is 21.5 Å². The maximum atomic E-state index is 12.2. The number of nitrogens with two attached hydrogens (primary N) is 1. The Morgan fingerprint density at radius 2 is 1.77 bits per heavy atom. The summed E-state index contributed by atoms with van der Waals surface area (Å²) in [5, 5.41) is 5.62. The van der Waals surface area contributed by atoms with Crippen LogP contribution in [-0.4, -0.2) is 37.2 Å². The zero-order chi connectivity index (χ0) is 19.7. The molecule has 0 aromatic heterocycles. The average molecular weight is 419 g/mol. The zero-order valence-electron chi connectivity index (χ0n) is 14.4. The summed E-state index contributed by atoms with van der Waals surface area (Å²) in [6, 6.07) is 8.86. The number of rotatable bonds is 6. The SMILES string of the molecule is COc1ccc(Cl)cc1CN(C)c1ccc(S(N)(=O)=O)cc1S(C)(=O)=O. The topological polar surface area (TPSA) is 107 Å². The van der Waals surface area contributed by atoms with E-state index < -0.39 is 19.9 Å². The monoisotopic (exact) mass is 418 g/mol. The summed E-state index contributed by atoms with van der Waals surface area (Å²) < 4.78 is 52.7. The van der Waals surface area contributed by atoms with Crippen LogP contribution in [0.1, 0.15) is 5.56 Å². The molecular formula is C16H19ClN2O5S2. The highest BCUT2D eigenvalue weighted by molar-refractivity contribution is 7.91. The van der Waals surface area contributed by atoms with E-state index in [0.717, 1.165) is 17.9 Å². The number of anilines is 1. The molecule has 2 rings (SSSR count). The quantitative estimate of drug-likeness (QED) is 0.769. The Morgan fingerprint density at radius 3 is 2.31 bits per heavy atom. The van der Waals surface area contributed by atoms with E-state index in [-0.39, 0.29) is 9.79 Å². The highest BCUT2D eigenvalue weighted by Gasteiger charge is 2.21. The van der Waals surface area contributed by atoms with Gasteiger partial charge in [-0.3, -0.25) is 0 Å². The number of methoxy groups -OCH3 is 1. The largest absolute Gasteiger partial charge is 0.496 e. The third-order valence-electron chi connectivity index (χ3n) is 3.72. The van der Waals surface area contributed by atoms with Gasteiger partial charge in [-0.25, -0.2) is 22.0 Å². The lowest BCUT2D eigenvalue weighted by Crippen LogP contribution is -2.21. The van der Waals surface area contributed by atoms with Gasteiger partial charge in [-0.2, -0.15) is 0 Å². The smallest absolute Gasteiger partial charge is 0.238 e. The lowest BCUT2D eigenvalue weighted by Gasteiger charge is -2.23. The van der Waals surface area contributed by atoms with Crippen LogP contribution in [0, 0.1) is 0 Å². The second kappa shape index (κ2) is 7.43. The van der Waals surface area contributed by atoms with Crippen molar-refractivity contribution in [1.82, 2.24) is 0 Å². The molecule has 0 saturated heterocycles. The average Bonchev–Trinajstić information content (AvgIpc) is 2.53. The molecule has 0 spiro atoms. The molecule has 0 aliphatic carbocycles. The van der Waals surface area contributed by atoms with Gasteiger partial charge in [0.05, 0.1) is 22.6 Å². The van der Waals surface area contributed by atoms with E-state index in [0.29, 0.717) is 23.0 Å². The number of sulfonamides is 1. The second-order valence-corrected chi connectivity index (χ2v) is 9.74. The summed E-state index contributed by atoms with van der Waals surface area (Å²) in [7, 11) is -4.52. The second-order valence-electron chi connectivity index (χ2n) is 5.76. The fraction of sp³-hybridized carbons (Fsp3) is 0.250. The van der Waals surface area contributed by atoms with Crippen LogP contribution in [0.5, 0.6) is 5.75 Å². The molecule has 0 aliphatic rings. The molecule has 0 unspecified atom stereocenters. The van der Waals surface area contributed by atoms with Crippen molar-refractivity contribution >= 4 is 37.1 Å². The highest BCUT2D eigenvalue weighted by Crippen LogP contribution is 2.30. The van der Waals surface area contributed by atoms with E-state index in [9.17, 15) is 16.8 Å². The van der Waals surface area contributed by atoms with Crippen molar-refractivity contribution in [3.8, 4) is 5.75 Å². The summed E-state index contributed by atoms with van der Waals surface area (Å²) in [5.74, 6) is 0.600. The van der Waals surface area contributed by atoms with Gasteiger partial charge in [0, 0.05) is 30.4 Å². The summed E-state index contributed by atoms with van der Waals surface area (Å²) in [6.07, 6.45) is 1.01. The number of primary sulfonamides is 1. The number of hydrogen-bond acceptors (Lipinski definition) is 6. The Labute approximate surface area is 158 Å². The van der Waals surface area contributed by atoms with Gasteiger partial charge in [-0.1, -0.05) is 11.6 Å². The predicted molar refractivity (Wildman–Crippen MR) is 101 cm³/mol. The number of ether oxygens (including phenoxy) is 1. The third kappa shape index (κ3) is 4.67. The number of benzene rings is 2. The highest BCUT2D eigenvalue weighted by atomic mass is 35.5. The molecule has 0 saturated carbocycles. The number of nitrogens with zero attached hydrogens (tertiary/aromatic N) is 1. The van der Waals surface area contributed by atoms with Gasteiger partial charge in [0.2, 0.25) is 10.0 Å². The maximum Gasteiger partial charge on any atom is 0.238 e. The summed E-state index contributed by atoms with van der Waals surface area (Å²) >= 11 is 6.03. The van der Waals surface area contributed by atoms with Crippen LogP contribution < -0.4 is 14.8 Å². The Kier molecular flexibility index (Phi) is 5.86. The van der Waals surface area contributed by atoms with Crippen LogP contribution in [-0.2, 0) is 26.4 Å². The van der Waals surface area contributed by atoms with E-state index in [1.165, 1.54) is 19.2 Å². The van der Waals surface area contributed by atoms with Crippen molar-refractivity contribution < 1.29 is 21.6 Å². The molecule has 2 N–H and O–H groups in total. The first-order valence-corrected chi connectivity index (χ1v) is 11.2. The van der Waals surface area contributed by atoms with E-state index >= 15 is 0 Å². The van der Waals surface area contributed by atoms with Crippen molar-refractivity contribution in [3.63, 3.8) is 0 Å². The molecule has 2 aromatic carbocycles. The van der Waals surface area contributed by atoms with Gasteiger partial charge in [0.25, 0.3) is 0 Å². The van der Waals surface area contributed by atoms with Crippen LogP contribution in [0.2, 0.25) is 5.02 Å². The van der Waals surface area contributed by atoms with Crippen molar-refractivity contribution in [3.05, 3.63) is 47.0 Å². The summed E-state index contributed by atoms with van der Waals surface area (Å²) in [5.41, 5.74) is 1.08. The molecule has 0 fully saturated rings. The Hall–Kier alpha value is -1.81. The molecular weight excluding hydrogens is 400 g/mol. The van der Waals surface area contributed by atoms with Gasteiger partial charge < -0.3 is 9.64 Å². The fourth-order valence-corrected chi connectivity index (χ4v) is 4.25. The molecule has 2 aromatic rings. The molecule has 0 radical (unpaired) electrons. The molecule has 0 atom stereocenters. The minimum Gasteiger partial charge on any atom is -0.496 e. The maximum absolute atomic E-state index is 12.2. The molecule has 7 nitrogen and oxygen atoms in total. The van der Waals surface area contributed by atoms with Crippen LogP contribution in [0.4, 0.5) is 5.69 Å². The first-order valence-electron chi connectivity index (χ1n) is 7.34. The summed E-state index contributed by atoms with van der Waals surface area (Å²) in [6.45, 7) is 0.293. The number of sulfone groups is 1. The molecule has 0 heterocycles. The molecule has 10 heteroatoms. The Balaban J connectivity index is 2.53. The summed E-state index contributed by atoms with van der Waals surface area (Å²) in [4.78, 5) is 1.26. The van der Waals surface area contributed by atoms with Crippen molar-refractivity contribution in [2.75, 3.05) is 25.3 Å². The van der Waals surface area contributed by atoms with E-state index in [2.05, 4.69) is 0 Å². The number of halogens is 1. The minimum absolute atomic E-state index is 0.132. The first kappa shape index (κ1) is 20.5. The minimum atomic E-state index is -4.02. The van der Waals surface area contributed by atoms with Crippen LogP contribution in [0.15, 0.2) is 46.2 Å². The van der Waals surface area contributed by atoms with Crippen molar-refractivity contribution in [2.45, 2.75) is 16.3 Å². The van der Waals surface area contributed by atoms with Gasteiger partial charge in [0.1, 0.15) is 5.75 Å². The fourth-order valence-electron chi connectivity index (χ4n) is 2.50. The predicted octanol–water partition coefficient (Wildman–Crippen LogP) is 2.04. The zero-order valence-corrected chi connectivity index (χ0v) is 16.8. The molecule has 142 valence electrons. The standard InChI is InChI=1S/C16H19ClN2O5S2/c1-19(10-11-8-12(17)4-7-15(11)24-2)14-6-5-13(26(18,22)23)9-16(14)25(3,20)21/h4-9H,10H2,1-3H3,(H2,18,22,23).